The lowest BCUT2D eigenvalue weighted by molar-refractivity contribution is -0.0316. The summed E-state index contributed by atoms with van der Waals surface area (Å²) in [7, 11) is 0. The minimum absolute atomic E-state index is 0.111. The number of hydrogen-bond acceptors (Lipinski definition) is 1. The second-order valence-electron chi connectivity index (χ2n) is 11.6. The first-order valence-electron chi connectivity index (χ1n) is 12.4. The van der Waals surface area contributed by atoms with Crippen molar-refractivity contribution < 1.29 is 9.50 Å². The van der Waals surface area contributed by atoms with Crippen LogP contribution in [0.2, 0.25) is 0 Å². The molecule has 0 bridgehead atoms. The average molecular weight is 403 g/mol. The van der Waals surface area contributed by atoms with Crippen LogP contribution in [0, 0.1) is 40.4 Å². The molecule has 4 rings (SSSR count). The summed E-state index contributed by atoms with van der Waals surface area (Å²) in [6.07, 6.45) is 16.7. The molecule has 0 aromatic rings. The van der Waals surface area contributed by atoms with E-state index in [1.165, 1.54) is 38.5 Å². The lowest BCUT2D eigenvalue weighted by Gasteiger charge is -2.58. The molecular weight excluding hydrogens is 359 g/mol. The van der Waals surface area contributed by atoms with Crippen molar-refractivity contribution in [2.75, 3.05) is 6.67 Å². The van der Waals surface area contributed by atoms with Gasteiger partial charge in [-0.2, -0.15) is 0 Å². The van der Waals surface area contributed by atoms with Crippen LogP contribution in [0.25, 0.3) is 0 Å². The molecule has 0 aromatic carbocycles. The van der Waals surface area contributed by atoms with Gasteiger partial charge >= 0.3 is 0 Å². The Labute approximate surface area is 178 Å². The lowest BCUT2D eigenvalue weighted by atomic mass is 9.47. The molecule has 0 radical (unpaired) electrons. The van der Waals surface area contributed by atoms with Gasteiger partial charge in [-0.15, -0.1) is 0 Å². The summed E-state index contributed by atoms with van der Waals surface area (Å²) >= 11 is 0. The second kappa shape index (κ2) is 8.13. The number of fused-ring (bicyclic) bond motifs is 5. The molecule has 29 heavy (non-hydrogen) atoms. The molecule has 4 aliphatic rings. The smallest absolute Gasteiger partial charge is 0.0919 e. The van der Waals surface area contributed by atoms with Gasteiger partial charge in [0, 0.05) is 0 Å². The second-order valence-corrected chi connectivity index (χ2v) is 11.6. The molecule has 0 saturated heterocycles. The number of rotatable bonds is 6. The minimum Gasteiger partial charge on any atom is -0.393 e. The quantitative estimate of drug-likeness (QED) is 0.464. The fraction of sp³-hybridized carbons (Fsp3) is 0.852. The van der Waals surface area contributed by atoms with E-state index < -0.39 is 0 Å². The molecule has 1 nitrogen and oxygen atoms in total. The van der Waals surface area contributed by atoms with Gasteiger partial charge in [-0.25, -0.2) is 0 Å². The summed E-state index contributed by atoms with van der Waals surface area (Å²) in [5, 5.41) is 10.2. The Hall–Kier alpha value is -0.630. The molecule has 0 spiro atoms. The molecule has 2 saturated carbocycles. The summed E-state index contributed by atoms with van der Waals surface area (Å²) < 4.78 is 12.8. The summed E-state index contributed by atoms with van der Waals surface area (Å²) in [4.78, 5) is 0. The van der Waals surface area contributed by atoms with E-state index in [1.807, 2.05) is 6.92 Å². The third-order valence-corrected chi connectivity index (χ3v) is 9.85. The number of hydrogen-bond donors (Lipinski definition) is 1. The Morgan fingerprint density at radius 1 is 1.03 bits per heavy atom. The predicted molar refractivity (Wildman–Crippen MR) is 119 cm³/mol. The van der Waals surface area contributed by atoms with Crippen molar-refractivity contribution in [1.82, 2.24) is 0 Å². The molecule has 2 heteroatoms. The average Bonchev–Trinajstić information content (AvgIpc) is 3.05. The Kier molecular flexibility index (Phi) is 6.06. The van der Waals surface area contributed by atoms with Gasteiger partial charge in [-0.1, -0.05) is 57.4 Å². The fourth-order valence-corrected chi connectivity index (χ4v) is 8.01. The number of allylic oxidation sites excluding steroid dienone is 3. The molecule has 0 heterocycles. The maximum atomic E-state index is 12.8. The van der Waals surface area contributed by atoms with Crippen molar-refractivity contribution in [2.24, 2.45) is 40.4 Å². The first-order valence-corrected chi connectivity index (χ1v) is 12.4. The molecule has 164 valence electrons. The number of halogens is 1. The van der Waals surface area contributed by atoms with Gasteiger partial charge in [0.1, 0.15) is 0 Å². The van der Waals surface area contributed by atoms with Crippen molar-refractivity contribution in [2.45, 2.75) is 98.0 Å². The highest BCUT2D eigenvalue weighted by atomic mass is 19.1. The van der Waals surface area contributed by atoms with E-state index in [2.05, 4.69) is 32.9 Å². The van der Waals surface area contributed by atoms with Crippen molar-refractivity contribution in [3.63, 3.8) is 0 Å². The monoisotopic (exact) mass is 402 g/mol. The zero-order valence-corrected chi connectivity index (χ0v) is 19.2. The van der Waals surface area contributed by atoms with Crippen molar-refractivity contribution in [3.05, 3.63) is 23.3 Å². The zero-order valence-electron chi connectivity index (χ0n) is 19.2. The molecule has 4 aliphatic carbocycles. The van der Waals surface area contributed by atoms with Crippen molar-refractivity contribution >= 4 is 0 Å². The SMILES string of the molecule is C[C@@H](CF)CCC[C@@H](C)C1=CC[C@H]2[C@@H]3CC=C4C[C@@H](O)CC[C@]4(C)C3CC[C@]12C. The van der Waals surface area contributed by atoms with E-state index in [0.717, 1.165) is 43.4 Å². The van der Waals surface area contributed by atoms with Gasteiger partial charge in [-0.3, -0.25) is 4.39 Å². The molecule has 1 N–H and O–H groups in total. The normalized spacial score (nSPS) is 43.5. The summed E-state index contributed by atoms with van der Waals surface area (Å²) in [6, 6.07) is 0. The third-order valence-electron chi connectivity index (χ3n) is 9.85. The van der Waals surface area contributed by atoms with Crippen LogP contribution < -0.4 is 0 Å². The highest BCUT2D eigenvalue weighted by Crippen LogP contribution is 2.65. The molecule has 1 unspecified atom stereocenters. The van der Waals surface area contributed by atoms with Gasteiger partial charge < -0.3 is 5.11 Å². The summed E-state index contributed by atoms with van der Waals surface area (Å²) in [6.45, 7) is 9.37. The van der Waals surface area contributed by atoms with Crippen LogP contribution in [-0.4, -0.2) is 17.9 Å². The van der Waals surface area contributed by atoms with Gasteiger partial charge in [-0.05, 0) is 98.2 Å². The molecular formula is C27H43FO. The number of aliphatic hydroxyl groups is 1. The predicted octanol–water partition coefficient (Wildman–Crippen LogP) is 7.26. The minimum atomic E-state index is -0.175. The van der Waals surface area contributed by atoms with Crippen LogP contribution in [0.1, 0.15) is 91.9 Å². The van der Waals surface area contributed by atoms with Crippen LogP contribution in [-0.2, 0) is 0 Å². The summed E-state index contributed by atoms with van der Waals surface area (Å²) in [5.74, 6) is 3.27. The molecule has 0 aromatic heterocycles. The fourth-order valence-electron chi connectivity index (χ4n) is 8.01. The van der Waals surface area contributed by atoms with Crippen LogP contribution in [0.5, 0.6) is 0 Å². The molecule has 8 atom stereocenters. The summed E-state index contributed by atoms with van der Waals surface area (Å²) in [5.41, 5.74) is 4.01. The maximum Gasteiger partial charge on any atom is 0.0919 e. The molecule has 2 fully saturated rings. The van der Waals surface area contributed by atoms with E-state index in [9.17, 15) is 9.50 Å². The van der Waals surface area contributed by atoms with Crippen LogP contribution in [0.3, 0.4) is 0 Å². The van der Waals surface area contributed by atoms with Crippen molar-refractivity contribution in [1.29, 1.82) is 0 Å². The number of alkyl halides is 1. The van der Waals surface area contributed by atoms with Gasteiger partial charge in [0.05, 0.1) is 12.8 Å². The van der Waals surface area contributed by atoms with E-state index in [4.69, 9.17) is 0 Å². The Morgan fingerprint density at radius 2 is 1.79 bits per heavy atom. The van der Waals surface area contributed by atoms with Crippen LogP contribution in [0.4, 0.5) is 4.39 Å². The molecule has 0 aliphatic heterocycles. The van der Waals surface area contributed by atoms with Crippen LogP contribution >= 0.6 is 0 Å². The maximum absolute atomic E-state index is 12.8. The third kappa shape index (κ3) is 3.66. The van der Waals surface area contributed by atoms with E-state index >= 15 is 0 Å². The first kappa shape index (κ1) is 21.6. The van der Waals surface area contributed by atoms with Gasteiger partial charge in [0.25, 0.3) is 0 Å². The lowest BCUT2D eigenvalue weighted by Crippen LogP contribution is -2.50. The number of aliphatic hydroxyl groups excluding tert-OH is 1. The van der Waals surface area contributed by atoms with Gasteiger partial charge in [0.2, 0.25) is 0 Å². The van der Waals surface area contributed by atoms with Gasteiger partial charge in [0.15, 0.2) is 0 Å². The van der Waals surface area contributed by atoms with E-state index in [1.54, 1.807) is 11.1 Å². The Balaban J connectivity index is 1.47. The van der Waals surface area contributed by atoms with E-state index in [-0.39, 0.29) is 18.7 Å². The van der Waals surface area contributed by atoms with E-state index in [0.29, 0.717) is 16.7 Å². The first-order chi connectivity index (χ1) is 13.8. The van der Waals surface area contributed by atoms with Crippen molar-refractivity contribution in [3.8, 4) is 0 Å². The molecule has 0 amide bonds. The standard InChI is InChI=1S/C27H43FO/c1-18(17-28)6-5-7-19(2)23-10-11-24-22-9-8-20-16-21(29)12-14-26(20,3)25(22)13-15-27(23,24)4/h8,10,18-19,21-22,24-25,29H,5-7,9,11-17H2,1-4H3/t18-,19-,21+,22+,24+,25?,26+,27-/m1/s1. The topological polar surface area (TPSA) is 20.2 Å². The Morgan fingerprint density at radius 3 is 2.55 bits per heavy atom. The highest BCUT2D eigenvalue weighted by molar-refractivity contribution is 5.31. The highest BCUT2D eigenvalue weighted by Gasteiger charge is 2.56. The zero-order chi connectivity index (χ0) is 20.8. The largest absolute Gasteiger partial charge is 0.393 e. The van der Waals surface area contributed by atoms with Crippen LogP contribution in [0.15, 0.2) is 23.3 Å². The Bertz CT molecular complexity index is 665.